The van der Waals surface area contributed by atoms with E-state index in [0.717, 1.165) is 12.1 Å². The Morgan fingerprint density at radius 1 is 1.22 bits per heavy atom. The lowest BCUT2D eigenvalue weighted by atomic mass is 10.1. The van der Waals surface area contributed by atoms with Crippen LogP contribution in [0.1, 0.15) is 16.7 Å². The van der Waals surface area contributed by atoms with Gasteiger partial charge in [0.05, 0.1) is 17.4 Å². The molecule has 0 atom stereocenters. The fourth-order valence-corrected chi connectivity index (χ4v) is 1.86. The molecule has 4 N–H and O–H groups in total. The summed E-state index contributed by atoms with van der Waals surface area (Å²) in [5.41, 5.74) is 0.888. The fraction of sp³-hybridized carbons (Fsp3) is 0.143. The molecule has 120 valence electrons. The summed E-state index contributed by atoms with van der Waals surface area (Å²) in [5, 5.41) is 17.2. The first-order valence-electron chi connectivity index (χ1n) is 6.45. The number of hydrogen-bond donors (Lipinski definition) is 3. The molecular weight excluding hydrogens is 309 g/mol. The second-order valence-electron chi connectivity index (χ2n) is 4.53. The first-order chi connectivity index (χ1) is 10.9. The first kappa shape index (κ1) is 16.4. The lowest BCUT2D eigenvalue weighted by Crippen LogP contribution is -2.07. The maximum Gasteiger partial charge on any atom is 0.416 e. The summed E-state index contributed by atoms with van der Waals surface area (Å²) in [6, 6.07) is 6.37. The summed E-state index contributed by atoms with van der Waals surface area (Å²) in [4.78, 5) is 3.94. The minimum Gasteiger partial charge on any atom is -0.379 e. The zero-order chi connectivity index (χ0) is 16.9. The van der Waals surface area contributed by atoms with Gasteiger partial charge in [0, 0.05) is 18.3 Å². The van der Waals surface area contributed by atoms with E-state index in [0.29, 0.717) is 16.8 Å². The van der Waals surface area contributed by atoms with Gasteiger partial charge in [0.2, 0.25) is 0 Å². The summed E-state index contributed by atoms with van der Waals surface area (Å²) in [6.45, 7) is 0.268. The number of aromatic nitrogens is 1. The van der Waals surface area contributed by atoms with E-state index >= 15 is 0 Å². The smallest absolute Gasteiger partial charge is 0.379 e. The highest BCUT2D eigenvalue weighted by Crippen LogP contribution is 2.29. The maximum atomic E-state index is 12.5. The second kappa shape index (κ2) is 6.86. The van der Waals surface area contributed by atoms with Gasteiger partial charge in [-0.3, -0.25) is 10.4 Å². The molecule has 0 saturated carbocycles. The highest BCUT2D eigenvalue weighted by Gasteiger charge is 2.29. The third kappa shape index (κ3) is 4.25. The molecule has 0 aliphatic heterocycles. The van der Waals surface area contributed by atoms with Crippen LogP contribution in [0, 0.1) is 5.41 Å². The minimum atomic E-state index is -4.36. The van der Waals surface area contributed by atoms with Gasteiger partial charge in [0.25, 0.3) is 0 Å². The molecule has 0 fully saturated rings. The normalized spacial score (nSPS) is 11.6. The van der Waals surface area contributed by atoms with Crippen molar-refractivity contribution in [1.29, 1.82) is 5.41 Å². The number of pyridine rings is 1. The molecule has 0 amide bonds. The van der Waals surface area contributed by atoms with Crippen LogP contribution < -0.4 is 11.2 Å². The fourth-order valence-electron chi connectivity index (χ4n) is 1.86. The van der Waals surface area contributed by atoms with Crippen molar-refractivity contribution in [3.05, 3.63) is 59.4 Å². The molecule has 1 aromatic heterocycles. The number of alkyl halides is 3. The number of rotatable bonds is 4. The zero-order valence-corrected chi connectivity index (χ0v) is 11.8. The molecule has 6 nitrogen and oxygen atoms in total. The van der Waals surface area contributed by atoms with Gasteiger partial charge in [0.15, 0.2) is 5.84 Å². The van der Waals surface area contributed by atoms with Crippen LogP contribution in [-0.4, -0.2) is 10.8 Å². The standard InChI is InChI=1S/C14H13F3N6/c15-14(16,17)10-3-1-9(2-4-10)7-21-12-8-20-6-5-11(12)13(18)22-23-19/h1-6,8,21H,7H2,(H3,18,19,22). The monoisotopic (exact) mass is 322 g/mol. The average molecular weight is 322 g/mol. The lowest BCUT2D eigenvalue weighted by molar-refractivity contribution is -0.137. The molecule has 1 aromatic carbocycles. The van der Waals surface area contributed by atoms with Crippen molar-refractivity contribution in [2.75, 3.05) is 5.32 Å². The Kier molecular flexibility index (Phi) is 4.89. The van der Waals surface area contributed by atoms with Crippen molar-refractivity contribution in [3.63, 3.8) is 0 Å². The van der Waals surface area contributed by atoms with E-state index in [1.165, 1.54) is 24.5 Å². The first-order valence-corrected chi connectivity index (χ1v) is 6.45. The van der Waals surface area contributed by atoms with Crippen LogP contribution in [0.25, 0.3) is 0 Å². The summed E-state index contributed by atoms with van der Waals surface area (Å²) in [5.74, 6) is 4.77. The number of anilines is 1. The number of halogens is 3. The summed E-state index contributed by atoms with van der Waals surface area (Å²) < 4.78 is 37.5. The predicted molar refractivity (Wildman–Crippen MR) is 78.9 cm³/mol. The molecule has 0 unspecified atom stereocenters. The van der Waals surface area contributed by atoms with E-state index in [2.05, 4.69) is 20.6 Å². The topological polar surface area (TPSA) is 99.5 Å². The second-order valence-corrected chi connectivity index (χ2v) is 4.53. The Morgan fingerprint density at radius 2 is 1.91 bits per heavy atom. The van der Waals surface area contributed by atoms with Crippen LogP contribution in [0.2, 0.25) is 0 Å². The van der Waals surface area contributed by atoms with Gasteiger partial charge in [-0.05, 0) is 23.8 Å². The van der Waals surface area contributed by atoms with Crippen molar-refractivity contribution in [3.8, 4) is 0 Å². The minimum absolute atomic E-state index is 0.148. The molecule has 23 heavy (non-hydrogen) atoms. The summed E-state index contributed by atoms with van der Waals surface area (Å²) >= 11 is 0. The van der Waals surface area contributed by atoms with Crippen LogP contribution in [0.5, 0.6) is 0 Å². The zero-order valence-electron chi connectivity index (χ0n) is 11.8. The predicted octanol–water partition coefficient (Wildman–Crippen LogP) is 3.36. The van der Waals surface area contributed by atoms with E-state index in [1.54, 1.807) is 6.07 Å². The molecule has 0 spiro atoms. The molecule has 0 bridgehead atoms. The van der Waals surface area contributed by atoms with Crippen molar-refractivity contribution in [2.24, 2.45) is 16.2 Å². The number of nitrogens with two attached hydrogens (primary N) is 1. The van der Waals surface area contributed by atoms with Crippen molar-refractivity contribution in [2.45, 2.75) is 12.7 Å². The Labute approximate surface area is 129 Å². The number of hydrogen-bond acceptors (Lipinski definition) is 4. The number of benzene rings is 1. The van der Waals surface area contributed by atoms with Crippen molar-refractivity contribution in [1.82, 2.24) is 4.98 Å². The quantitative estimate of drug-likeness (QED) is 0.264. The Hall–Kier alpha value is -2.97. The van der Waals surface area contributed by atoms with Gasteiger partial charge in [-0.2, -0.15) is 13.2 Å². The van der Waals surface area contributed by atoms with Crippen LogP contribution in [0.3, 0.4) is 0 Å². The van der Waals surface area contributed by atoms with Crippen LogP contribution in [0.15, 0.2) is 53.1 Å². The number of nitrogens with one attached hydrogen (secondary N) is 2. The van der Waals surface area contributed by atoms with Crippen molar-refractivity contribution >= 4 is 11.5 Å². The highest BCUT2D eigenvalue weighted by molar-refractivity contribution is 6.01. The Balaban J connectivity index is 2.11. The van der Waals surface area contributed by atoms with Gasteiger partial charge in [0.1, 0.15) is 0 Å². The SMILES string of the molecule is N=C(N=NN)c1ccncc1NCc1ccc(C(F)(F)F)cc1. The number of nitrogens with zero attached hydrogens (tertiary/aromatic N) is 3. The van der Waals surface area contributed by atoms with E-state index in [-0.39, 0.29) is 12.4 Å². The maximum absolute atomic E-state index is 12.5. The van der Waals surface area contributed by atoms with Crippen LogP contribution in [0.4, 0.5) is 18.9 Å². The van der Waals surface area contributed by atoms with Crippen LogP contribution in [-0.2, 0) is 12.7 Å². The van der Waals surface area contributed by atoms with Gasteiger partial charge in [-0.25, -0.2) is 0 Å². The van der Waals surface area contributed by atoms with E-state index in [4.69, 9.17) is 11.3 Å². The molecular formula is C14H13F3N6. The van der Waals surface area contributed by atoms with Crippen molar-refractivity contribution < 1.29 is 13.2 Å². The number of amidine groups is 1. The highest BCUT2D eigenvalue weighted by atomic mass is 19.4. The van der Waals surface area contributed by atoms with Gasteiger partial charge < -0.3 is 11.2 Å². The Morgan fingerprint density at radius 3 is 2.52 bits per heavy atom. The molecule has 1 heterocycles. The molecule has 0 aliphatic carbocycles. The van der Waals surface area contributed by atoms with Crippen LogP contribution >= 0.6 is 0 Å². The average Bonchev–Trinajstić information content (AvgIpc) is 2.53. The third-order valence-electron chi connectivity index (χ3n) is 3.00. The molecule has 0 radical (unpaired) electrons. The molecule has 9 heteroatoms. The van der Waals surface area contributed by atoms with Gasteiger partial charge in [-0.15, -0.1) is 5.11 Å². The summed E-state index contributed by atoms with van der Waals surface area (Å²) in [6.07, 6.45) is -1.38. The summed E-state index contributed by atoms with van der Waals surface area (Å²) in [7, 11) is 0. The largest absolute Gasteiger partial charge is 0.416 e. The third-order valence-corrected chi connectivity index (χ3v) is 3.00. The molecule has 0 saturated heterocycles. The van der Waals surface area contributed by atoms with Gasteiger partial charge >= 0.3 is 6.18 Å². The van der Waals surface area contributed by atoms with E-state index in [9.17, 15) is 13.2 Å². The Bertz CT molecular complexity index is 709. The molecule has 2 aromatic rings. The van der Waals surface area contributed by atoms with Gasteiger partial charge in [-0.1, -0.05) is 17.4 Å². The molecule has 2 rings (SSSR count). The van der Waals surface area contributed by atoms with E-state index in [1.807, 2.05) is 0 Å². The van der Waals surface area contributed by atoms with E-state index < -0.39 is 11.7 Å². The molecule has 0 aliphatic rings. The lowest BCUT2D eigenvalue weighted by Gasteiger charge is -2.11.